The Morgan fingerprint density at radius 2 is 2.00 bits per heavy atom. The van der Waals surface area contributed by atoms with E-state index >= 15 is 0 Å². The molecule has 0 radical (unpaired) electrons. The van der Waals surface area contributed by atoms with Gasteiger partial charge in [-0.15, -0.1) is 0 Å². The maximum atomic E-state index is 13.1. The summed E-state index contributed by atoms with van der Waals surface area (Å²) in [6.45, 7) is 6.54. The average Bonchev–Trinajstić information content (AvgIpc) is 2.93. The van der Waals surface area contributed by atoms with Crippen LogP contribution in [-0.4, -0.2) is 10.9 Å². The highest BCUT2D eigenvalue weighted by Gasteiger charge is 2.32. The molecule has 0 saturated carbocycles. The van der Waals surface area contributed by atoms with E-state index in [1.807, 2.05) is 12.1 Å². The third-order valence-electron chi connectivity index (χ3n) is 4.98. The molecule has 1 amide bonds. The third-order valence-corrected chi connectivity index (χ3v) is 4.98. The summed E-state index contributed by atoms with van der Waals surface area (Å²) in [5.74, 6) is 0.745. The number of amides is 1. The van der Waals surface area contributed by atoms with E-state index in [1.165, 1.54) is 23.9 Å². The van der Waals surface area contributed by atoms with Crippen LogP contribution in [0, 0.1) is 5.92 Å². The highest BCUT2D eigenvalue weighted by atomic mass is 19.3. The number of nitrogens with one attached hydrogen (secondary N) is 1. The number of carbonyl (C=O) groups excluding carboxylic acids is 1. The fraction of sp³-hybridized carbons (Fsp3) is 0.400. The zero-order valence-electron chi connectivity index (χ0n) is 14.6. The van der Waals surface area contributed by atoms with Crippen LogP contribution in [0.15, 0.2) is 36.5 Å². The first-order valence-electron chi connectivity index (χ1n) is 8.57. The second kappa shape index (κ2) is 6.90. The van der Waals surface area contributed by atoms with Gasteiger partial charge in [-0.2, -0.15) is 0 Å². The Hall–Kier alpha value is -2.30. The molecule has 25 heavy (non-hydrogen) atoms. The van der Waals surface area contributed by atoms with E-state index < -0.39 is 18.0 Å². The van der Waals surface area contributed by atoms with Crippen LogP contribution in [0.4, 0.5) is 14.5 Å². The Morgan fingerprint density at radius 1 is 1.24 bits per heavy atom. The largest absolute Gasteiger partial charge is 0.322 e. The number of halogens is 2. The van der Waals surface area contributed by atoms with Gasteiger partial charge in [0.15, 0.2) is 0 Å². The van der Waals surface area contributed by atoms with E-state index in [1.54, 1.807) is 0 Å². The van der Waals surface area contributed by atoms with Crippen LogP contribution in [0.25, 0.3) is 0 Å². The van der Waals surface area contributed by atoms with Gasteiger partial charge in [-0.05, 0) is 53.5 Å². The Bertz CT molecular complexity index is 789. The van der Waals surface area contributed by atoms with Crippen molar-refractivity contribution in [1.29, 1.82) is 0 Å². The van der Waals surface area contributed by atoms with Crippen LogP contribution in [0.1, 0.15) is 72.6 Å². The molecule has 2 atom stereocenters. The second-order valence-electron chi connectivity index (χ2n) is 6.99. The molecule has 1 aromatic carbocycles. The first kappa shape index (κ1) is 17.5. The van der Waals surface area contributed by atoms with Crippen LogP contribution in [0.3, 0.4) is 0 Å². The van der Waals surface area contributed by atoms with Crippen molar-refractivity contribution in [2.75, 3.05) is 5.32 Å². The summed E-state index contributed by atoms with van der Waals surface area (Å²) >= 11 is 0. The van der Waals surface area contributed by atoms with Crippen molar-refractivity contribution in [2.24, 2.45) is 5.92 Å². The minimum absolute atomic E-state index is 0.0823. The average molecular weight is 344 g/mol. The number of carbonyl (C=O) groups is 1. The number of alkyl halides is 2. The highest BCUT2D eigenvalue weighted by molar-refractivity contribution is 6.05. The van der Waals surface area contributed by atoms with Crippen molar-refractivity contribution >= 4 is 11.6 Å². The number of hydrogen-bond donors (Lipinski definition) is 1. The van der Waals surface area contributed by atoms with Gasteiger partial charge in [0, 0.05) is 11.9 Å². The predicted molar refractivity (Wildman–Crippen MR) is 94.2 cm³/mol. The Labute approximate surface area is 146 Å². The first-order valence-corrected chi connectivity index (χ1v) is 8.57. The van der Waals surface area contributed by atoms with Gasteiger partial charge < -0.3 is 5.32 Å². The third kappa shape index (κ3) is 3.28. The standard InChI is InChI=1S/C20H22F2N2O/c1-11(2)15-10-12(3)17-13(15)6-4-8-16(17)24-20(25)14-7-5-9-23-18(14)19(21)22/h4-9,11-12,15,19H,10H2,1-3H3,(H,24,25). The summed E-state index contributed by atoms with van der Waals surface area (Å²) in [5, 5.41) is 2.83. The van der Waals surface area contributed by atoms with E-state index in [0.29, 0.717) is 23.4 Å². The first-order chi connectivity index (χ1) is 11.9. The van der Waals surface area contributed by atoms with E-state index in [2.05, 4.69) is 37.1 Å². The number of benzene rings is 1. The van der Waals surface area contributed by atoms with Crippen LogP contribution in [0.2, 0.25) is 0 Å². The number of nitrogens with zero attached hydrogens (tertiary/aromatic N) is 1. The Kier molecular flexibility index (Phi) is 4.84. The van der Waals surface area contributed by atoms with Crippen molar-refractivity contribution in [1.82, 2.24) is 4.98 Å². The number of rotatable bonds is 4. The molecule has 2 unspecified atom stereocenters. The van der Waals surface area contributed by atoms with E-state index in [-0.39, 0.29) is 5.56 Å². The number of aromatic nitrogens is 1. The van der Waals surface area contributed by atoms with Gasteiger partial charge in [-0.3, -0.25) is 9.78 Å². The maximum absolute atomic E-state index is 13.1. The van der Waals surface area contributed by atoms with Crippen molar-refractivity contribution < 1.29 is 13.6 Å². The van der Waals surface area contributed by atoms with Gasteiger partial charge in [0.05, 0.1) is 5.56 Å². The maximum Gasteiger partial charge on any atom is 0.281 e. The molecule has 0 aliphatic heterocycles. The van der Waals surface area contributed by atoms with Crippen molar-refractivity contribution in [3.63, 3.8) is 0 Å². The fourth-order valence-electron chi connectivity index (χ4n) is 3.80. The smallest absolute Gasteiger partial charge is 0.281 e. The summed E-state index contributed by atoms with van der Waals surface area (Å²) in [4.78, 5) is 16.2. The van der Waals surface area contributed by atoms with Gasteiger partial charge >= 0.3 is 0 Å². The van der Waals surface area contributed by atoms with E-state index in [9.17, 15) is 13.6 Å². The quantitative estimate of drug-likeness (QED) is 0.793. The summed E-state index contributed by atoms with van der Waals surface area (Å²) in [6.07, 6.45) is -0.476. The molecule has 0 fully saturated rings. The van der Waals surface area contributed by atoms with Gasteiger partial charge in [-0.1, -0.05) is 32.9 Å². The van der Waals surface area contributed by atoms with E-state index in [4.69, 9.17) is 0 Å². The van der Waals surface area contributed by atoms with Gasteiger partial charge in [0.25, 0.3) is 12.3 Å². The number of pyridine rings is 1. The molecule has 3 rings (SSSR count). The molecule has 1 N–H and O–H groups in total. The summed E-state index contributed by atoms with van der Waals surface area (Å²) < 4.78 is 26.2. The normalized spacial score (nSPS) is 19.3. The summed E-state index contributed by atoms with van der Waals surface area (Å²) in [5.41, 5.74) is 2.52. The van der Waals surface area contributed by atoms with Crippen LogP contribution >= 0.6 is 0 Å². The fourth-order valence-corrected chi connectivity index (χ4v) is 3.80. The molecule has 1 aliphatic rings. The monoisotopic (exact) mass is 344 g/mol. The number of hydrogen-bond acceptors (Lipinski definition) is 2. The van der Waals surface area contributed by atoms with E-state index in [0.717, 1.165) is 12.0 Å². The molecule has 5 heteroatoms. The number of anilines is 1. The lowest BCUT2D eigenvalue weighted by Gasteiger charge is -2.17. The molecule has 3 nitrogen and oxygen atoms in total. The minimum Gasteiger partial charge on any atom is -0.322 e. The molecule has 0 bridgehead atoms. The molecular weight excluding hydrogens is 322 g/mol. The lowest BCUT2D eigenvalue weighted by molar-refractivity contribution is 0.100. The Morgan fingerprint density at radius 3 is 2.68 bits per heavy atom. The molecule has 1 heterocycles. The zero-order valence-corrected chi connectivity index (χ0v) is 14.6. The molecule has 2 aromatic rings. The van der Waals surface area contributed by atoms with Crippen LogP contribution in [-0.2, 0) is 0 Å². The zero-order chi connectivity index (χ0) is 18.1. The van der Waals surface area contributed by atoms with Crippen LogP contribution < -0.4 is 5.32 Å². The van der Waals surface area contributed by atoms with Crippen molar-refractivity contribution in [2.45, 2.75) is 45.5 Å². The molecular formula is C20H22F2N2O. The lowest BCUT2D eigenvalue weighted by Crippen LogP contribution is -2.16. The Balaban J connectivity index is 1.94. The topological polar surface area (TPSA) is 42.0 Å². The van der Waals surface area contributed by atoms with Crippen molar-refractivity contribution in [3.05, 3.63) is 58.9 Å². The van der Waals surface area contributed by atoms with Gasteiger partial charge in [0.1, 0.15) is 5.69 Å². The van der Waals surface area contributed by atoms with Crippen LogP contribution in [0.5, 0.6) is 0 Å². The molecule has 132 valence electrons. The molecule has 0 spiro atoms. The van der Waals surface area contributed by atoms with Crippen molar-refractivity contribution in [3.8, 4) is 0 Å². The molecule has 0 saturated heterocycles. The lowest BCUT2D eigenvalue weighted by atomic mass is 9.90. The minimum atomic E-state index is -2.78. The number of fused-ring (bicyclic) bond motifs is 1. The highest BCUT2D eigenvalue weighted by Crippen LogP contribution is 2.48. The van der Waals surface area contributed by atoms with Gasteiger partial charge in [-0.25, -0.2) is 8.78 Å². The summed E-state index contributed by atoms with van der Waals surface area (Å²) in [7, 11) is 0. The van der Waals surface area contributed by atoms with Gasteiger partial charge in [0.2, 0.25) is 0 Å². The predicted octanol–water partition coefficient (Wildman–Crippen LogP) is 5.52. The molecule has 1 aliphatic carbocycles. The second-order valence-corrected chi connectivity index (χ2v) is 6.99. The SMILES string of the molecule is CC1CC(C(C)C)c2cccc(NC(=O)c3cccnc3C(F)F)c21. The summed E-state index contributed by atoms with van der Waals surface area (Å²) in [6, 6.07) is 8.74. The molecule has 1 aromatic heterocycles.